The molecule has 0 saturated carbocycles. The van der Waals surface area contributed by atoms with Gasteiger partial charge in [0.1, 0.15) is 17.2 Å². The zero-order valence-corrected chi connectivity index (χ0v) is 17.7. The van der Waals surface area contributed by atoms with E-state index >= 15 is 0 Å². The van der Waals surface area contributed by atoms with Gasteiger partial charge in [0.2, 0.25) is 10.0 Å². The van der Waals surface area contributed by atoms with Crippen LogP contribution in [0.1, 0.15) is 19.4 Å². The van der Waals surface area contributed by atoms with Crippen LogP contribution in [0.3, 0.4) is 0 Å². The second-order valence-corrected chi connectivity index (χ2v) is 7.90. The third-order valence-electron chi connectivity index (χ3n) is 4.18. The lowest BCUT2D eigenvalue weighted by Gasteiger charge is -2.18. The fraction of sp³-hybridized carbons (Fsp3) is 0.286. The maximum atomic E-state index is 12.5. The van der Waals surface area contributed by atoms with E-state index in [1.165, 1.54) is 36.7 Å². The van der Waals surface area contributed by atoms with Gasteiger partial charge in [-0.2, -0.15) is 4.31 Å². The highest BCUT2D eigenvalue weighted by Gasteiger charge is 2.20. The Bertz CT molecular complexity index is 941. The number of methoxy groups -OCH3 is 2. The van der Waals surface area contributed by atoms with Gasteiger partial charge >= 0.3 is 5.97 Å². The van der Waals surface area contributed by atoms with Crippen LogP contribution < -0.4 is 14.2 Å². The molecule has 0 N–H and O–H groups in total. The summed E-state index contributed by atoms with van der Waals surface area (Å²) in [5.74, 6) is 0.707. The van der Waals surface area contributed by atoms with Crippen molar-refractivity contribution >= 4 is 22.1 Å². The minimum atomic E-state index is -3.51. The van der Waals surface area contributed by atoms with Crippen molar-refractivity contribution in [3.05, 3.63) is 54.1 Å². The molecular weight excluding hydrogens is 394 g/mol. The zero-order chi connectivity index (χ0) is 21.4. The predicted octanol–water partition coefficient (Wildman–Crippen LogP) is 3.35. The Balaban J connectivity index is 2.09. The van der Waals surface area contributed by atoms with E-state index in [4.69, 9.17) is 14.2 Å². The lowest BCUT2D eigenvalue weighted by atomic mass is 10.2. The van der Waals surface area contributed by atoms with Crippen molar-refractivity contribution in [2.24, 2.45) is 0 Å². The van der Waals surface area contributed by atoms with Gasteiger partial charge in [-0.05, 0) is 23.8 Å². The van der Waals surface area contributed by atoms with Crippen molar-refractivity contribution in [1.82, 2.24) is 4.31 Å². The van der Waals surface area contributed by atoms with E-state index in [2.05, 4.69) is 0 Å². The van der Waals surface area contributed by atoms with Crippen LogP contribution in [0.4, 0.5) is 0 Å². The lowest BCUT2D eigenvalue weighted by Crippen LogP contribution is -2.30. The molecule has 0 spiro atoms. The van der Waals surface area contributed by atoms with E-state index in [1.807, 2.05) is 0 Å². The second-order valence-electron chi connectivity index (χ2n) is 5.96. The van der Waals surface area contributed by atoms with Crippen LogP contribution in [0.2, 0.25) is 0 Å². The van der Waals surface area contributed by atoms with Gasteiger partial charge in [0.05, 0.1) is 19.1 Å². The number of nitrogens with zero attached hydrogens (tertiary/aromatic N) is 1. The first-order chi connectivity index (χ1) is 13.8. The number of hydrogen-bond acceptors (Lipinski definition) is 6. The van der Waals surface area contributed by atoms with Crippen molar-refractivity contribution < 1.29 is 27.4 Å². The normalized spacial score (nSPS) is 11.6. The lowest BCUT2D eigenvalue weighted by molar-refractivity contribution is -0.128. The molecule has 0 aliphatic rings. The van der Waals surface area contributed by atoms with E-state index in [0.717, 1.165) is 0 Å². The second kappa shape index (κ2) is 10.1. The molecule has 2 aromatic rings. The summed E-state index contributed by atoms with van der Waals surface area (Å²) in [6.45, 7) is 4.39. The summed E-state index contributed by atoms with van der Waals surface area (Å²) in [5.41, 5.74) is 0.670. The van der Waals surface area contributed by atoms with Crippen LogP contribution in [-0.4, -0.2) is 46.0 Å². The number of sulfonamides is 1. The van der Waals surface area contributed by atoms with Crippen LogP contribution in [0.15, 0.2) is 53.4 Å². The van der Waals surface area contributed by atoms with Gasteiger partial charge < -0.3 is 14.2 Å². The molecular formula is C21H25NO6S. The quantitative estimate of drug-likeness (QED) is 0.352. The highest BCUT2D eigenvalue weighted by atomic mass is 32.2. The predicted molar refractivity (Wildman–Crippen MR) is 111 cm³/mol. The molecule has 0 aliphatic carbocycles. The summed E-state index contributed by atoms with van der Waals surface area (Å²) >= 11 is 0. The maximum Gasteiger partial charge on any atom is 0.336 e. The average molecular weight is 419 g/mol. The summed E-state index contributed by atoms with van der Waals surface area (Å²) in [6.07, 6.45) is 2.81. The van der Waals surface area contributed by atoms with Gasteiger partial charge in [-0.25, -0.2) is 13.2 Å². The van der Waals surface area contributed by atoms with Gasteiger partial charge in [-0.3, -0.25) is 0 Å². The van der Waals surface area contributed by atoms with E-state index < -0.39 is 16.0 Å². The van der Waals surface area contributed by atoms with E-state index in [-0.39, 0.29) is 10.6 Å². The van der Waals surface area contributed by atoms with Crippen molar-refractivity contribution in [3.8, 4) is 17.2 Å². The summed E-state index contributed by atoms with van der Waals surface area (Å²) in [4.78, 5) is 12.3. The first-order valence-corrected chi connectivity index (χ1v) is 10.5. The number of esters is 1. The summed E-state index contributed by atoms with van der Waals surface area (Å²) in [6, 6.07) is 11.1. The topological polar surface area (TPSA) is 82.1 Å². The Hall–Kier alpha value is -2.84. The smallest absolute Gasteiger partial charge is 0.336 e. The zero-order valence-electron chi connectivity index (χ0n) is 16.9. The highest BCUT2D eigenvalue weighted by molar-refractivity contribution is 7.89. The van der Waals surface area contributed by atoms with Crippen molar-refractivity contribution in [3.63, 3.8) is 0 Å². The molecule has 7 nitrogen and oxygen atoms in total. The minimum absolute atomic E-state index is 0.212. The Morgan fingerprint density at radius 3 is 1.93 bits per heavy atom. The fourth-order valence-electron chi connectivity index (χ4n) is 2.62. The Kier molecular flexibility index (Phi) is 7.81. The van der Waals surface area contributed by atoms with Gasteiger partial charge in [0, 0.05) is 37.4 Å². The van der Waals surface area contributed by atoms with Gasteiger partial charge in [0.15, 0.2) is 0 Å². The Labute approximate surface area is 171 Å². The molecule has 0 aliphatic heterocycles. The van der Waals surface area contributed by atoms with Crippen LogP contribution in [0, 0.1) is 0 Å². The van der Waals surface area contributed by atoms with Crippen molar-refractivity contribution in [2.45, 2.75) is 18.7 Å². The van der Waals surface area contributed by atoms with E-state index in [9.17, 15) is 13.2 Å². The average Bonchev–Trinajstić information content (AvgIpc) is 2.72. The Morgan fingerprint density at radius 1 is 0.931 bits per heavy atom. The largest absolute Gasteiger partial charge is 0.496 e. The summed E-state index contributed by atoms with van der Waals surface area (Å²) in [5, 5.41) is 0. The third kappa shape index (κ3) is 5.82. The molecule has 0 heterocycles. The first kappa shape index (κ1) is 22.4. The number of rotatable bonds is 9. The number of ether oxygens (including phenoxy) is 3. The van der Waals surface area contributed by atoms with Crippen molar-refractivity contribution in [1.29, 1.82) is 0 Å². The molecule has 2 rings (SSSR count). The Morgan fingerprint density at radius 2 is 1.45 bits per heavy atom. The van der Waals surface area contributed by atoms with Crippen LogP contribution in [0.5, 0.6) is 17.2 Å². The number of hydrogen-bond donors (Lipinski definition) is 0. The SMILES string of the molecule is CCN(CC)S(=O)(=O)c1ccc(/C=C/C(=O)Oc2cc(OC)cc(OC)c2)cc1. The molecule has 2 aromatic carbocycles. The van der Waals surface area contributed by atoms with Crippen LogP contribution in [0.25, 0.3) is 6.08 Å². The summed E-state index contributed by atoms with van der Waals surface area (Å²) in [7, 11) is -0.501. The standard InChI is InChI=1S/C21H25NO6S/c1-5-22(6-2)29(24,25)20-10-7-16(8-11-20)9-12-21(23)28-19-14-17(26-3)13-18(15-19)27-4/h7-15H,5-6H2,1-4H3/b12-9+. The third-order valence-corrected chi connectivity index (χ3v) is 6.24. The summed E-state index contributed by atoms with van der Waals surface area (Å²) < 4.78 is 41.9. The molecule has 8 heteroatoms. The number of carbonyl (C=O) groups excluding carboxylic acids is 1. The minimum Gasteiger partial charge on any atom is -0.496 e. The van der Waals surface area contributed by atoms with Crippen LogP contribution >= 0.6 is 0 Å². The molecule has 0 fully saturated rings. The van der Waals surface area contributed by atoms with Crippen molar-refractivity contribution in [2.75, 3.05) is 27.3 Å². The maximum absolute atomic E-state index is 12.5. The molecule has 0 atom stereocenters. The molecule has 0 aromatic heterocycles. The van der Waals surface area contributed by atoms with Gasteiger partial charge in [-0.1, -0.05) is 26.0 Å². The van der Waals surface area contributed by atoms with Gasteiger partial charge in [-0.15, -0.1) is 0 Å². The fourth-order valence-corrected chi connectivity index (χ4v) is 4.08. The molecule has 0 radical (unpaired) electrons. The monoisotopic (exact) mass is 419 g/mol. The molecule has 29 heavy (non-hydrogen) atoms. The number of carbonyl (C=O) groups is 1. The van der Waals surface area contributed by atoms with Gasteiger partial charge in [0.25, 0.3) is 0 Å². The molecule has 156 valence electrons. The molecule has 0 saturated heterocycles. The first-order valence-electron chi connectivity index (χ1n) is 9.07. The molecule has 0 unspecified atom stereocenters. The van der Waals surface area contributed by atoms with E-state index in [1.54, 1.807) is 50.3 Å². The van der Waals surface area contributed by atoms with E-state index in [0.29, 0.717) is 30.2 Å². The molecule has 0 bridgehead atoms. The highest BCUT2D eigenvalue weighted by Crippen LogP contribution is 2.27. The molecule has 0 amide bonds. The number of benzene rings is 2. The van der Waals surface area contributed by atoms with Crippen LogP contribution in [-0.2, 0) is 14.8 Å².